The number of nitrogens with one attached hydrogen (secondary N) is 2. The second-order valence-electron chi connectivity index (χ2n) is 3.68. The average molecular weight is 211 g/mol. The molecule has 84 valence electrons. The fourth-order valence-electron chi connectivity index (χ4n) is 1.27. The monoisotopic (exact) mass is 211 g/mol. The summed E-state index contributed by atoms with van der Waals surface area (Å²) < 4.78 is 0. The van der Waals surface area contributed by atoms with E-state index in [0.717, 1.165) is 5.82 Å². The Morgan fingerprint density at radius 3 is 2.60 bits per heavy atom. The molecule has 0 saturated carbocycles. The van der Waals surface area contributed by atoms with Crippen molar-refractivity contribution in [3.05, 3.63) is 5.82 Å². The van der Waals surface area contributed by atoms with E-state index < -0.39 is 0 Å². The molecule has 0 fully saturated rings. The smallest absolute Gasteiger partial charge is 0.244 e. The van der Waals surface area contributed by atoms with Crippen molar-refractivity contribution in [2.24, 2.45) is 0 Å². The van der Waals surface area contributed by atoms with E-state index in [1.807, 2.05) is 0 Å². The number of nitrogens with zero attached hydrogens (tertiary/aromatic N) is 2. The molecule has 1 atom stereocenters. The molecule has 4 N–H and O–H groups in total. The number of aromatic amines is 1. The third kappa shape index (κ3) is 2.61. The van der Waals surface area contributed by atoms with Crippen molar-refractivity contribution in [2.45, 2.75) is 19.9 Å². The normalized spacial score (nSPS) is 12.3. The van der Waals surface area contributed by atoms with Crippen LogP contribution in [0, 0.1) is 6.92 Å². The summed E-state index contributed by atoms with van der Waals surface area (Å²) in [5, 5.41) is 2.95. The fraction of sp³-hybridized carbons (Fsp3) is 0.556. The van der Waals surface area contributed by atoms with Crippen molar-refractivity contribution < 1.29 is 4.79 Å². The van der Waals surface area contributed by atoms with E-state index in [4.69, 9.17) is 5.73 Å². The van der Waals surface area contributed by atoms with E-state index in [1.165, 1.54) is 4.90 Å². The van der Waals surface area contributed by atoms with Gasteiger partial charge in [-0.15, -0.1) is 0 Å². The molecule has 15 heavy (non-hydrogen) atoms. The van der Waals surface area contributed by atoms with Crippen molar-refractivity contribution in [2.75, 3.05) is 25.1 Å². The number of aromatic nitrogens is 2. The molecule has 0 saturated heterocycles. The zero-order chi connectivity index (χ0) is 11.6. The van der Waals surface area contributed by atoms with Crippen LogP contribution >= 0.6 is 0 Å². The maximum Gasteiger partial charge on any atom is 0.244 e. The molecular formula is C9H17N5O. The number of likely N-dealkylation sites (N-methyl/N-ethyl adjacent to an activating group) is 1. The van der Waals surface area contributed by atoms with Crippen molar-refractivity contribution in [1.82, 2.24) is 14.9 Å². The van der Waals surface area contributed by atoms with E-state index in [2.05, 4.69) is 15.3 Å². The van der Waals surface area contributed by atoms with Gasteiger partial charge in [-0.05, 0) is 13.8 Å². The van der Waals surface area contributed by atoms with E-state index in [9.17, 15) is 4.79 Å². The van der Waals surface area contributed by atoms with Gasteiger partial charge in [0.05, 0.1) is 0 Å². The predicted molar refractivity (Wildman–Crippen MR) is 59.5 cm³/mol. The zero-order valence-electron chi connectivity index (χ0n) is 9.46. The topological polar surface area (TPSA) is 87.0 Å². The highest BCUT2D eigenvalue weighted by atomic mass is 16.2. The lowest BCUT2D eigenvalue weighted by Crippen LogP contribution is -2.36. The number of aryl methyl sites for hydroxylation is 1. The number of H-pyrrole nitrogens is 1. The summed E-state index contributed by atoms with van der Waals surface area (Å²) in [6.45, 7) is 3.58. The Morgan fingerprint density at radius 2 is 2.20 bits per heavy atom. The minimum Gasteiger partial charge on any atom is -0.382 e. The number of rotatable bonds is 3. The molecule has 0 bridgehead atoms. The molecule has 6 nitrogen and oxygen atoms in total. The minimum atomic E-state index is -0.343. The van der Waals surface area contributed by atoms with Crippen LogP contribution in [-0.4, -0.2) is 40.9 Å². The highest BCUT2D eigenvalue weighted by Gasteiger charge is 2.16. The Hall–Kier alpha value is -1.72. The van der Waals surface area contributed by atoms with Crippen LogP contribution in [0.5, 0.6) is 0 Å². The van der Waals surface area contributed by atoms with Crippen LogP contribution in [0.1, 0.15) is 12.7 Å². The number of amides is 1. The Morgan fingerprint density at radius 1 is 1.60 bits per heavy atom. The third-order valence-corrected chi connectivity index (χ3v) is 2.01. The lowest BCUT2D eigenvalue weighted by atomic mass is 10.3. The van der Waals surface area contributed by atoms with Gasteiger partial charge in [0, 0.05) is 14.1 Å². The van der Waals surface area contributed by atoms with Crippen molar-refractivity contribution >= 4 is 17.5 Å². The summed E-state index contributed by atoms with van der Waals surface area (Å²) in [5.41, 5.74) is 5.66. The quantitative estimate of drug-likeness (QED) is 0.666. The number of hydrogen-bond acceptors (Lipinski definition) is 4. The summed E-state index contributed by atoms with van der Waals surface area (Å²) in [5.74, 6) is 1.68. The van der Waals surface area contributed by atoms with Crippen LogP contribution in [0.4, 0.5) is 11.6 Å². The van der Waals surface area contributed by atoms with E-state index >= 15 is 0 Å². The van der Waals surface area contributed by atoms with Gasteiger partial charge in [0.15, 0.2) is 5.82 Å². The summed E-state index contributed by atoms with van der Waals surface area (Å²) in [7, 11) is 3.42. The number of carbonyl (C=O) groups is 1. The number of nitrogen functional groups attached to an aromatic ring is 1. The molecule has 0 aliphatic rings. The first-order valence-electron chi connectivity index (χ1n) is 4.71. The van der Waals surface area contributed by atoms with Gasteiger partial charge in [-0.3, -0.25) is 4.79 Å². The first-order valence-corrected chi connectivity index (χ1v) is 4.71. The maximum atomic E-state index is 11.5. The number of imidazole rings is 1. The average Bonchev–Trinajstić information content (AvgIpc) is 2.43. The molecule has 1 aromatic rings. The summed E-state index contributed by atoms with van der Waals surface area (Å²) in [6.07, 6.45) is 0. The zero-order valence-corrected chi connectivity index (χ0v) is 9.46. The lowest BCUT2D eigenvalue weighted by molar-refractivity contribution is -0.129. The van der Waals surface area contributed by atoms with Gasteiger partial charge in [0.1, 0.15) is 17.7 Å². The Bertz CT molecular complexity index is 357. The largest absolute Gasteiger partial charge is 0.382 e. The second kappa shape index (κ2) is 4.20. The van der Waals surface area contributed by atoms with Gasteiger partial charge in [0.2, 0.25) is 5.91 Å². The number of hydrogen-bond donors (Lipinski definition) is 3. The Labute approximate surface area is 88.9 Å². The summed E-state index contributed by atoms with van der Waals surface area (Å²) >= 11 is 0. The van der Waals surface area contributed by atoms with Crippen molar-refractivity contribution in [3.63, 3.8) is 0 Å². The fourth-order valence-corrected chi connectivity index (χ4v) is 1.27. The molecule has 0 radical (unpaired) electrons. The number of anilines is 2. The highest BCUT2D eigenvalue weighted by Crippen LogP contribution is 2.15. The van der Waals surface area contributed by atoms with Crippen LogP contribution in [0.3, 0.4) is 0 Å². The van der Waals surface area contributed by atoms with Crippen LogP contribution in [0.15, 0.2) is 0 Å². The van der Waals surface area contributed by atoms with E-state index in [0.29, 0.717) is 11.6 Å². The molecule has 0 aromatic carbocycles. The highest BCUT2D eigenvalue weighted by molar-refractivity contribution is 5.84. The number of carbonyl (C=O) groups excluding carboxylic acids is 1. The molecule has 1 heterocycles. The summed E-state index contributed by atoms with van der Waals surface area (Å²) in [4.78, 5) is 20.1. The Balaban J connectivity index is 2.70. The van der Waals surface area contributed by atoms with Gasteiger partial charge >= 0.3 is 0 Å². The van der Waals surface area contributed by atoms with Gasteiger partial charge in [-0.25, -0.2) is 4.98 Å². The SMILES string of the molecule is Cc1nc(NC(C)C(=O)N(C)C)c(N)[nH]1. The molecule has 0 aliphatic carbocycles. The summed E-state index contributed by atoms with van der Waals surface area (Å²) in [6, 6.07) is -0.343. The van der Waals surface area contributed by atoms with Gasteiger partial charge in [-0.1, -0.05) is 0 Å². The molecule has 1 amide bonds. The third-order valence-electron chi connectivity index (χ3n) is 2.01. The first kappa shape index (κ1) is 11.4. The molecule has 6 heteroatoms. The Kier molecular flexibility index (Phi) is 3.18. The molecular weight excluding hydrogens is 194 g/mol. The van der Waals surface area contributed by atoms with E-state index in [-0.39, 0.29) is 11.9 Å². The molecule has 1 aromatic heterocycles. The molecule has 0 aliphatic heterocycles. The second-order valence-corrected chi connectivity index (χ2v) is 3.68. The van der Waals surface area contributed by atoms with Gasteiger partial charge in [-0.2, -0.15) is 0 Å². The van der Waals surface area contributed by atoms with Crippen LogP contribution in [0.25, 0.3) is 0 Å². The van der Waals surface area contributed by atoms with E-state index in [1.54, 1.807) is 27.9 Å². The molecule has 1 rings (SSSR count). The van der Waals surface area contributed by atoms with Crippen LogP contribution in [-0.2, 0) is 4.79 Å². The van der Waals surface area contributed by atoms with Crippen molar-refractivity contribution in [3.8, 4) is 0 Å². The molecule has 1 unspecified atom stereocenters. The first-order chi connectivity index (χ1) is 6.91. The lowest BCUT2D eigenvalue weighted by Gasteiger charge is -2.17. The van der Waals surface area contributed by atoms with Gasteiger partial charge in [0.25, 0.3) is 0 Å². The minimum absolute atomic E-state index is 0.0185. The van der Waals surface area contributed by atoms with Crippen molar-refractivity contribution in [1.29, 1.82) is 0 Å². The molecule has 0 spiro atoms. The predicted octanol–water partition coefficient (Wildman–Crippen LogP) is 0.189. The standard InChI is InChI=1S/C9H17N5O/c1-5(9(15)14(3)4)11-8-7(10)12-6(2)13-8/h5,11H,10H2,1-4H3,(H,12,13). The van der Waals surface area contributed by atoms with Crippen LogP contribution in [0.2, 0.25) is 0 Å². The van der Waals surface area contributed by atoms with Crippen LogP contribution < -0.4 is 11.1 Å². The number of nitrogens with two attached hydrogens (primary N) is 1. The van der Waals surface area contributed by atoms with Gasteiger partial charge < -0.3 is 20.9 Å². The maximum absolute atomic E-state index is 11.5.